The van der Waals surface area contributed by atoms with Gasteiger partial charge in [0.15, 0.2) is 0 Å². The van der Waals surface area contributed by atoms with E-state index in [4.69, 9.17) is 0 Å². The number of amides is 1. The summed E-state index contributed by atoms with van der Waals surface area (Å²) in [5, 5.41) is 12.1. The van der Waals surface area contributed by atoms with Gasteiger partial charge in [-0.1, -0.05) is 70.4 Å². The summed E-state index contributed by atoms with van der Waals surface area (Å²) in [6.45, 7) is 2.26. The lowest BCUT2D eigenvalue weighted by molar-refractivity contribution is -0.116. The molecule has 0 spiro atoms. The number of unbranched alkanes of at least 4 members (excludes halogenated alkanes) is 11. The number of phenolic OH excluding ortho intramolecular Hbond substituents is 1. The largest absolute Gasteiger partial charge is 0.508 e. The van der Waals surface area contributed by atoms with Crippen LogP contribution in [-0.2, 0) is 4.79 Å². The molecule has 152 valence electrons. The number of phenols is 1. The van der Waals surface area contributed by atoms with Crippen LogP contribution in [0, 0.1) is 0 Å². The van der Waals surface area contributed by atoms with Gasteiger partial charge in [-0.2, -0.15) is 0 Å². The van der Waals surface area contributed by atoms with E-state index in [0.717, 1.165) is 18.5 Å². The molecule has 0 atom stereocenters. The van der Waals surface area contributed by atoms with Crippen LogP contribution in [0.1, 0.15) is 96.8 Å². The van der Waals surface area contributed by atoms with Crippen molar-refractivity contribution in [1.29, 1.82) is 0 Å². The molecule has 1 rings (SSSR count). The minimum absolute atomic E-state index is 0.0540. The Balaban J connectivity index is 1.86. The van der Waals surface area contributed by atoms with E-state index in [1.54, 1.807) is 24.3 Å². The summed E-state index contributed by atoms with van der Waals surface area (Å²) in [6, 6.07) is 6.59. The van der Waals surface area contributed by atoms with Gasteiger partial charge < -0.3 is 10.4 Å². The number of aromatic hydroxyl groups is 1. The maximum Gasteiger partial charge on any atom is 0.224 e. The number of carbonyl (C=O) groups is 1. The Kier molecular flexibility index (Phi) is 14.1. The summed E-state index contributed by atoms with van der Waals surface area (Å²) in [4.78, 5) is 11.8. The van der Waals surface area contributed by atoms with E-state index in [0.29, 0.717) is 6.42 Å². The SMILES string of the molecule is CCCCCCCC/C=C\CCCCCCCC(=O)Nc1ccc(O)cc1. The lowest BCUT2D eigenvalue weighted by Crippen LogP contribution is -2.10. The normalized spacial score (nSPS) is 11.1. The third-order valence-corrected chi connectivity index (χ3v) is 4.82. The van der Waals surface area contributed by atoms with E-state index in [9.17, 15) is 9.90 Å². The molecule has 0 radical (unpaired) electrons. The van der Waals surface area contributed by atoms with Crippen molar-refractivity contribution in [3.05, 3.63) is 36.4 Å². The Morgan fingerprint density at radius 2 is 1.33 bits per heavy atom. The molecule has 0 unspecified atom stereocenters. The highest BCUT2D eigenvalue weighted by Crippen LogP contribution is 2.15. The van der Waals surface area contributed by atoms with Crippen molar-refractivity contribution in [2.24, 2.45) is 0 Å². The minimum Gasteiger partial charge on any atom is -0.508 e. The Morgan fingerprint density at radius 3 is 1.93 bits per heavy atom. The standard InChI is InChI=1S/C24H39NO2/c1-2-3-4-5-6-7-8-9-10-11-12-13-14-15-16-17-24(27)25-22-18-20-23(26)21-19-22/h9-10,18-21,26H,2-8,11-17H2,1H3,(H,25,27)/b10-9-. The molecule has 0 bridgehead atoms. The van der Waals surface area contributed by atoms with Gasteiger partial charge in [0.25, 0.3) is 0 Å². The minimum atomic E-state index is 0.0540. The number of rotatable bonds is 16. The van der Waals surface area contributed by atoms with Gasteiger partial charge in [0, 0.05) is 12.1 Å². The number of benzene rings is 1. The average Bonchev–Trinajstić information content (AvgIpc) is 2.66. The third-order valence-electron chi connectivity index (χ3n) is 4.82. The topological polar surface area (TPSA) is 49.3 Å². The van der Waals surface area contributed by atoms with E-state index in [1.165, 1.54) is 70.6 Å². The van der Waals surface area contributed by atoms with E-state index < -0.39 is 0 Å². The molecule has 0 fully saturated rings. The Labute approximate surface area is 166 Å². The van der Waals surface area contributed by atoms with Gasteiger partial charge in [-0.25, -0.2) is 0 Å². The van der Waals surface area contributed by atoms with E-state index >= 15 is 0 Å². The Morgan fingerprint density at radius 1 is 0.815 bits per heavy atom. The number of hydrogen-bond donors (Lipinski definition) is 2. The summed E-state index contributed by atoms with van der Waals surface area (Å²) >= 11 is 0. The molecule has 0 aliphatic heterocycles. The second-order valence-electron chi connectivity index (χ2n) is 7.43. The van der Waals surface area contributed by atoms with Crippen LogP contribution in [0.3, 0.4) is 0 Å². The van der Waals surface area contributed by atoms with Crippen LogP contribution >= 0.6 is 0 Å². The van der Waals surface area contributed by atoms with Crippen molar-refractivity contribution in [2.75, 3.05) is 5.32 Å². The molecule has 0 aliphatic carbocycles. The highest BCUT2D eigenvalue weighted by atomic mass is 16.3. The van der Waals surface area contributed by atoms with Crippen LogP contribution in [0.5, 0.6) is 5.75 Å². The molecule has 3 nitrogen and oxygen atoms in total. The highest BCUT2D eigenvalue weighted by Gasteiger charge is 2.02. The van der Waals surface area contributed by atoms with Crippen LogP contribution in [0.2, 0.25) is 0 Å². The van der Waals surface area contributed by atoms with Crippen molar-refractivity contribution in [3.63, 3.8) is 0 Å². The van der Waals surface area contributed by atoms with Gasteiger partial charge >= 0.3 is 0 Å². The monoisotopic (exact) mass is 373 g/mol. The number of carbonyl (C=O) groups excluding carboxylic acids is 1. The number of anilines is 1. The smallest absolute Gasteiger partial charge is 0.224 e. The molecule has 0 aliphatic rings. The maximum absolute atomic E-state index is 11.8. The average molecular weight is 374 g/mol. The van der Waals surface area contributed by atoms with Gasteiger partial charge in [-0.15, -0.1) is 0 Å². The number of nitrogens with one attached hydrogen (secondary N) is 1. The van der Waals surface area contributed by atoms with Crippen molar-refractivity contribution in [1.82, 2.24) is 0 Å². The molecule has 0 aromatic heterocycles. The van der Waals surface area contributed by atoms with Crippen molar-refractivity contribution in [3.8, 4) is 5.75 Å². The van der Waals surface area contributed by atoms with Crippen molar-refractivity contribution < 1.29 is 9.90 Å². The fraction of sp³-hybridized carbons (Fsp3) is 0.625. The van der Waals surface area contributed by atoms with Crippen molar-refractivity contribution in [2.45, 2.75) is 96.8 Å². The molecule has 2 N–H and O–H groups in total. The Bertz CT molecular complexity index is 508. The lowest BCUT2D eigenvalue weighted by atomic mass is 10.1. The van der Waals surface area contributed by atoms with Crippen LogP contribution in [0.15, 0.2) is 36.4 Å². The molecule has 3 heteroatoms. The fourth-order valence-corrected chi connectivity index (χ4v) is 3.12. The predicted molar refractivity (Wildman–Crippen MR) is 116 cm³/mol. The zero-order valence-corrected chi connectivity index (χ0v) is 17.2. The van der Waals surface area contributed by atoms with Crippen LogP contribution in [0.4, 0.5) is 5.69 Å². The summed E-state index contributed by atoms with van der Waals surface area (Å²) in [6.07, 6.45) is 21.7. The maximum atomic E-state index is 11.8. The van der Waals surface area contributed by atoms with Crippen molar-refractivity contribution >= 4 is 11.6 Å². The Hall–Kier alpha value is -1.77. The molecule has 0 saturated heterocycles. The van der Waals surface area contributed by atoms with Crippen LogP contribution < -0.4 is 5.32 Å². The molecule has 0 saturated carbocycles. The molecule has 1 aromatic rings. The first kappa shape index (κ1) is 23.3. The first-order valence-corrected chi connectivity index (χ1v) is 11.0. The quantitative estimate of drug-likeness (QED) is 0.180. The van der Waals surface area contributed by atoms with E-state index in [-0.39, 0.29) is 11.7 Å². The van der Waals surface area contributed by atoms with Gasteiger partial charge in [0.1, 0.15) is 5.75 Å². The zero-order chi connectivity index (χ0) is 19.6. The molecule has 1 aromatic carbocycles. The van der Waals surface area contributed by atoms with E-state index in [1.807, 2.05) is 0 Å². The van der Waals surface area contributed by atoms with Crippen LogP contribution in [0.25, 0.3) is 0 Å². The summed E-state index contributed by atoms with van der Waals surface area (Å²) < 4.78 is 0. The summed E-state index contributed by atoms with van der Waals surface area (Å²) in [5.74, 6) is 0.267. The molecular weight excluding hydrogens is 334 g/mol. The second-order valence-corrected chi connectivity index (χ2v) is 7.43. The van der Waals surface area contributed by atoms with Gasteiger partial charge in [0.2, 0.25) is 5.91 Å². The van der Waals surface area contributed by atoms with Gasteiger partial charge in [-0.3, -0.25) is 4.79 Å². The first-order chi connectivity index (χ1) is 13.2. The molecule has 1 amide bonds. The molecular formula is C24H39NO2. The third kappa shape index (κ3) is 14.0. The van der Waals surface area contributed by atoms with Crippen LogP contribution in [-0.4, -0.2) is 11.0 Å². The lowest BCUT2D eigenvalue weighted by Gasteiger charge is -2.05. The van der Waals surface area contributed by atoms with E-state index in [2.05, 4.69) is 24.4 Å². The molecule has 0 heterocycles. The highest BCUT2D eigenvalue weighted by molar-refractivity contribution is 5.90. The summed E-state index contributed by atoms with van der Waals surface area (Å²) in [7, 11) is 0. The van der Waals surface area contributed by atoms with Gasteiger partial charge in [0.05, 0.1) is 0 Å². The van der Waals surface area contributed by atoms with Gasteiger partial charge in [-0.05, 0) is 56.4 Å². The molecule has 27 heavy (non-hydrogen) atoms. The predicted octanol–water partition coefficient (Wildman–Crippen LogP) is 7.37. The fourth-order valence-electron chi connectivity index (χ4n) is 3.12. The number of hydrogen-bond acceptors (Lipinski definition) is 2. The second kappa shape index (κ2) is 16.4. The first-order valence-electron chi connectivity index (χ1n) is 11.0. The zero-order valence-electron chi connectivity index (χ0n) is 17.2. The number of allylic oxidation sites excluding steroid dienone is 2. The summed E-state index contributed by atoms with van der Waals surface area (Å²) in [5.41, 5.74) is 0.741.